The fourth-order valence-corrected chi connectivity index (χ4v) is 3.45. The Morgan fingerprint density at radius 2 is 1.95 bits per heavy atom. The van der Waals surface area contributed by atoms with E-state index in [1.165, 1.54) is 26.4 Å². The number of methoxy groups -OCH3 is 2. The van der Waals surface area contributed by atoms with Gasteiger partial charge in [-0.3, -0.25) is 0 Å². The number of carbonyl (C=O) groups is 1. The lowest BCUT2D eigenvalue weighted by atomic mass is 10.2. The summed E-state index contributed by atoms with van der Waals surface area (Å²) >= 11 is 1.83. The fourth-order valence-electron chi connectivity index (χ4n) is 2.33. The Morgan fingerprint density at radius 1 is 1.32 bits per heavy atom. The van der Waals surface area contributed by atoms with Crippen molar-refractivity contribution in [2.45, 2.75) is 18.6 Å². The van der Waals surface area contributed by atoms with Crippen LogP contribution in [-0.4, -0.2) is 48.7 Å². The molecular weight excluding hydrogens is 307 g/mol. The smallest absolute Gasteiger partial charge is 0.322 e. The van der Waals surface area contributed by atoms with Gasteiger partial charge in [0.25, 0.3) is 0 Å². The molecular formula is C15H21FN2O3S. The number of benzene rings is 1. The summed E-state index contributed by atoms with van der Waals surface area (Å²) in [7, 11) is 2.90. The number of thioether (sulfide) groups is 1. The predicted molar refractivity (Wildman–Crippen MR) is 86.6 cm³/mol. The van der Waals surface area contributed by atoms with Crippen molar-refractivity contribution < 1.29 is 18.7 Å². The van der Waals surface area contributed by atoms with Crippen LogP contribution < -0.4 is 14.8 Å². The summed E-state index contributed by atoms with van der Waals surface area (Å²) in [6.45, 7) is 5.45. The number of hydrogen-bond acceptors (Lipinski definition) is 4. The molecule has 5 nitrogen and oxygen atoms in total. The van der Waals surface area contributed by atoms with E-state index in [0.29, 0.717) is 18.8 Å². The number of urea groups is 1. The molecule has 0 saturated carbocycles. The molecule has 2 amide bonds. The SMILES string of the molecule is COc1cc(F)c(NC(=O)N2CCSC(C)(C)C2)cc1OC. The lowest BCUT2D eigenvalue weighted by molar-refractivity contribution is 0.208. The molecule has 1 saturated heterocycles. The van der Waals surface area contributed by atoms with Crippen LogP contribution in [0, 0.1) is 5.82 Å². The number of hydrogen-bond donors (Lipinski definition) is 1. The number of ether oxygens (including phenoxy) is 2. The van der Waals surface area contributed by atoms with Gasteiger partial charge in [0.15, 0.2) is 17.3 Å². The van der Waals surface area contributed by atoms with E-state index in [4.69, 9.17) is 9.47 Å². The van der Waals surface area contributed by atoms with Crippen molar-refractivity contribution in [3.63, 3.8) is 0 Å². The zero-order valence-electron chi connectivity index (χ0n) is 13.2. The van der Waals surface area contributed by atoms with Crippen molar-refractivity contribution in [2.75, 3.05) is 38.4 Å². The maximum Gasteiger partial charge on any atom is 0.322 e. The van der Waals surface area contributed by atoms with E-state index in [0.717, 1.165) is 5.75 Å². The normalized spacial score (nSPS) is 17.0. The first-order valence-electron chi connectivity index (χ1n) is 6.97. The third-order valence-electron chi connectivity index (χ3n) is 3.43. The highest BCUT2D eigenvalue weighted by Crippen LogP contribution is 2.33. The summed E-state index contributed by atoms with van der Waals surface area (Å²) in [4.78, 5) is 14.0. The summed E-state index contributed by atoms with van der Waals surface area (Å²) in [5.74, 6) is 0.966. The van der Waals surface area contributed by atoms with Gasteiger partial charge in [0.2, 0.25) is 0 Å². The highest BCUT2D eigenvalue weighted by molar-refractivity contribution is 8.00. The second kappa shape index (κ2) is 6.64. The molecule has 22 heavy (non-hydrogen) atoms. The summed E-state index contributed by atoms with van der Waals surface area (Å²) in [6.07, 6.45) is 0. The first-order valence-corrected chi connectivity index (χ1v) is 7.96. The van der Waals surface area contributed by atoms with Gasteiger partial charge < -0.3 is 19.7 Å². The average Bonchev–Trinajstić information content (AvgIpc) is 2.47. The van der Waals surface area contributed by atoms with Gasteiger partial charge in [0, 0.05) is 35.7 Å². The number of nitrogens with zero attached hydrogens (tertiary/aromatic N) is 1. The first-order chi connectivity index (χ1) is 10.4. The number of halogens is 1. The maximum atomic E-state index is 14.1. The predicted octanol–water partition coefficient (Wildman–Crippen LogP) is 3.20. The van der Waals surface area contributed by atoms with Crippen LogP contribution in [0.25, 0.3) is 0 Å². The molecule has 2 rings (SSSR count). The van der Waals surface area contributed by atoms with Crippen LogP contribution in [0.1, 0.15) is 13.8 Å². The quantitative estimate of drug-likeness (QED) is 0.926. The van der Waals surface area contributed by atoms with Gasteiger partial charge in [-0.15, -0.1) is 0 Å². The van der Waals surface area contributed by atoms with Crippen LogP contribution in [0.5, 0.6) is 11.5 Å². The third kappa shape index (κ3) is 3.76. The topological polar surface area (TPSA) is 50.8 Å². The zero-order valence-corrected chi connectivity index (χ0v) is 14.1. The standard InChI is InChI=1S/C15H21FN2O3S/c1-15(2)9-18(5-6-22-15)14(19)17-11-8-13(21-4)12(20-3)7-10(11)16/h7-8H,5-6,9H2,1-4H3,(H,17,19). The number of rotatable bonds is 3. The molecule has 1 aromatic carbocycles. The number of carbonyl (C=O) groups excluding carboxylic acids is 1. The molecule has 0 spiro atoms. The van der Waals surface area contributed by atoms with Crippen molar-refractivity contribution in [3.8, 4) is 11.5 Å². The minimum Gasteiger partial charge on any atom is -0.493 e. The summed E-state index contributed by atoms with van der Waals surface area (Å²) in [5.41, 5.74) is 0.0821. The Morgan fingerprint density at radius 3 is 2.55 bits per heavy atom. The fraction of sp³-hybridized carbons (Fsp3) is 0.533. The Labute approximate surface area is 134 Å². The van der Waals surface area contributed by atoms with Crippen LogP contribution in [0.2, 0.25) is 0 Å². The number of amides is 2. The highest BCUT2D eigenvalue weighted by Gasteiger charge is 2.30. The van der Waals surface area contributed by atoms with Gasteiger partial charge in [-0.25, -0.2) is 9.18 Å². The van der Waals surface area contributed by atoms with E-state index in [9.17, 15) is 9.18 Å². The first kappa shape index (κ1) is 16.7. The van der Waals surface area contributed by atoms with Crippen molar-refractivity contribution in [2.24, 2.45) is 0 Å². The largest absolute Gasteiger partial charge is 0.493 e. The number of anilines is 1. The van der Waals surface area contributed by atoms with Gasteiger partial charge in [0.05, 0.1) is 19.9 Å². The maximum absolute atomic E-state index is 14.1. The molecule has 0 atom stereocenters. The van der Waals surface area contributed by atoms with Crippen LogP contribution >= 0.6 is 11.8 Å². The molecule has 122 valence electrons. The van der Waals surface area contributed by atoms with Crippen molar-refractivity contribution in [1.29, 1.82) is 0 Å². The molecule has 1 N–H and O–H groups in total. The Kier molecular flexibility index (Phi) is 5.05. The molecule has 1 aliphatic heterocycles. The third-order valence-corrected chi connectivity index (χ3v) is 4.72. The Hall–Kier alpha value is -1.63. The van der Waals surface area contributed by atoms with E-state index in [-0.39, 0.29) is 22.2 Å². The van der Waals surface area contributed by atoms with E-state index >= 15 is 0 Å². The lowest BCUT2D eigenvalue weighted by Crippen LogP contribution is -2.47. The molecule has 0 aromatic heterocycles. The second-order valence-corrected chi connectivity index (χ2v) is 7.45. The van der Waals surface area contributed by atoms with E-state index in [1.54, 1.807) is 4.90 Å². The molecule has 7 heteroatoms. The van der Waals surface area contributed by atoms with Crippen LogP contribution in [0.4, 0.5) is 14.9 Å². The molecule has 1 aliphatic rings. The van der Waals surface area contributed by atoms with E-state index < -0.39 is 5.82 Å². The molecule has 0 radical (unpaired) electrons. The lowest BCUT2D eigenvalue weighted by Gasteiger charge is -2.37. The Bertz CT molecular complexity index is 566. The molecule has 0 aliphatic carbocycles. The van der Waals surface area contributed by atoms with Crippen molar-refractivity contribution in [1.82, 2.24) is 4.90 Å². The molecule has 0 unspecified atom stereocenters. The van der Waals surface area contributed by atoms with Crippen LogP contribution in [0.15, 0.2) is 12.1 Å². The molecule has 0 bridgehead atoms. The number of nitrogens with one attached hydrogen (secondary N) is 1. The van der Waals surface area contributed by atoms with E-state index in [2.05, 4.69) is 19.2 Å². The zero-order chi connectivity index (χ0) is 16.3. The second-order valence-electron chi connectivity index (χ2n) is 5.65. The molecule has 1 heterocycles. The van der Waals surface area contributed by atoms with Crippen LogP contribution in [0.3, 0.4) is 0 Å². The molecule has 1 aromatic rings. The monoisotopic (exact) mass is 328 g/mol. The van der Waals surface area contributed by atoms with Gasteiger partial charge in [-0.2, -0.15) is 11.8 Å². The van der Waals surface area contributed by atoms with Crippen molar-refractivity contribution >= 4 is 23.5 Å². The average molecular weight is 328 g/mol. The summed E-state index contributed by atoms with van der Waals surface area (Å²) in [6, 6.07) is 2.32. The molecule has 1 fully saturated rings. The van der Waals surface area contributed by atoms with Gasteiger partial charge >= 0.3 is 6.03 Å². The van der Waals surface area contributed by atoms with Gasteiger partial charge in [-0.1, -0.05) is 0 Å². The minimum absolute atomic E-state index is 0.00569. The van der Waals surface area contributed by atoms with Crippen molar-refractivity contribution in [3.05, 3.63) is 17.9 Å². The highest BCUT2D eigenvalue weighted by atomic mass is 32.2. The van der Waals surface area contributed by atoms with Gasteiger partial charge in [-0.05, 0) is 13.8 Å². The summed E-state index contributed by atoms with van der Waals surface area (Å²) < 4.78 is 24.2. The van der Waals surface area contributed by atoms with E-state index in [1.807, 2.05) is 11.8 Å². The van der Waals surface area contributed by atoms with Crippen LogP contribution in [-0.2, 0) is 0 Å². The Balaban J connectivity index is 2.14. The minimum atomic E-state index is -0.559. The van der Waals surface area contributed by atoms with Gasteiger partial charge in [0.1, 0.15) is 0 Å². The summed E-state index contributed by atoms with van der Waals surface area (Å²) in [5, 5.41) is 2.61.